The molecule has 1 heterocycles. The van der Waals surface area contributed by atoms with E-state index in [4.69, 9.17) is 0 Å². The number of likely N-dealkylation sites (tertiary alicyclic amines) is 1. The zero-order chi connectivity index (χ0) is 23.6. The Morgan fingerprint density at radius 2 is 1.79 bits per heavy atom. The number of rotatable bonds is 1. The van der Waals surface area contributed by atoms with Gasteiger partial charge in [0.05, 0.1) is 23.4 Å². The van der Waals surface area contributed by atoms with Gasteiger partial charge in [-0.1, -0.05) is 23.8 Å². The van der Waals surface area contributed by atoms with Crippen molar-refractivity contribution in [1.82, 2.24) is 4.90 Å². The Kier molecular flexibility index (Phi) is 4.97. The lowest BCUT2D eigenvalue weighted by Gasteiger charge is -2.42. The molecule has 0 radical (unpaired) electrons. The number of hydrogen-bond donors (Lipinski definition) is 1. The van der Waals surface area contributed by atoms with Crippen LogP contribution in [-0.4, -0.2) is 46.6 Å². The van der Waals surface area contributed by atoms with Crippen molar-refractivity contribution in [3.05, 3.63) is 63.2 Å². The Hall–Kier alpha value is -3.33. The van der Waals surface area contributed by atoms with Gasteiger partial charge in [-0.05, 0) is 52.4 Å². The van der Waals surface area contributed by atoms with Gasteiger partial charge in [0.1, 0.15) is 5.75 Å². The number of nitrogens with zero attached hydrogens (tertiary/aromatic N) is 1. The lowest BCUT2D eigenvalue weighted by atomic mass is 9.59. The first kappa shape index (κ1) is 21.5. The summed E-state index contributed by atoms with van der Waals surface area (Å²) in [5.41, 5.74) is 2.09. The van der Waals surface area contributed by atoms with Crippen molar-refractivity contribution in [2.24, 2.45) is 17.8 Å². The van der Waals surface area contributed by atoms with E-state index < -0.39 is 41.6 Å². The second-order valence-electron chi connectivity index (χ2n) is 8.47. The third-order valence-corrected chi connectivity index (χ3v) is 7.50. The van der Waals surface area contributed by atoms with Crippen molar-refractivity contribution in [2.45, 2.75) is 18.8 Å². The first-order chi connectivity index (χ1) is 15.7. The molecule has 33 heavy (non-hydrogen) atoms. The molecule has 3 aliphatic carbocycles. The first-order valence-electron chi connectivity index (χ1n) is 10.4. The summed E-state index contributed by atoms with van der Waals surface area (Å²) in [6.07, 6.45) is 2.42. The molecule has 0 saturated carbocycles. The fraction of sp³-hybridized carbons (Fsp3) is 0.292. The molecule has 4 aliphatic rings. The molecule has 0 aromatic heterocycles. The van der Waals surface area contributed by atoms with E-state index in [9.17, 15) is 29.1 Å². The minimum Gasteiger partial charge on any atom is -0.508 e. The second-order valence-corrected chi connectivity index (χ2v) is 9.32. The summed E-state index contributed by atoms with van der Waals surface area (Å²) in [5.74, 6) is -4.56. The average molecular weight is 512 g/mol. The number of ketones is 2. The molecule has 0 spiro atoms. The van der Waals surface area contributed by atoms with Crippen LogP contribution >= 0.6 is 15.9 Å². The molecule has 4 atom stereocenters. The fourth-order valence-electron chi connectivity index (χ4n) is 5.52. The van der Waals surface area contributed by atoms with Crippen LogP contribution in [0.15, 0.2) is 57.6 Å². The molecule has 1 aromatic rings. The zero-order valence-corrected chi connectivity index (χ0v) is 19.0. The van der Waals surface area contributed by atoms with Crippen LogP contribution in [0.1, 0.15) is 24.3 Å². The van der Waals surface area contributed by atoms with Crippen molar-refractivity contribution >= 4 is 45.4 Å². The maximum absolute atomic E-state index is 13.2. The predicted molar refractivity (Wildman–Crippen MR) is 117 cm³/mol. The Balaban J connectivity index is 1.67. The van der Waals surface area contributed by atoms with Crippen molar-refractivity contribution in [3.8, 4) is 5.75 Å². The predicted octanol–water partition coefficient (Wildman–Crippen LogP) is 2.92. The number of Topliss-reactive ketones (excluding diaryl/α,β-unsaturated/α-hetero) is 1. The lowest BCUT2D eigenvalue weighted by molar-refractivity contribution is -0.137. The monoisotopic (exact) mass is 511 g/mol. The van der Waals surface area contributed by atoms with Gasteiger partial charge in [0.2, 0.25) is 11.8 Å². The molecular weight excluding hydrogens is 494 g/mol. The highest BCUT2D eigenvalue weighted by molar-refractivity contribution is 9.12. The van der Waals surface area contributed by atoms with Crippen LogP contribution in [0.2, 0.25) is 0 Å². The quantitative estimate of drug-likeness (QED) is 0.349. The van der Waals surface area contributed by atoms with Gasteiger partial charge in [0.15, 0.2) is 11.6 Å². The van der Waals surface area contributed by atoms with Crippen molar-refractivity contribution in [1.29, 1.82) is 0 Å². The Labute approximate surface area is 196 Å². The van der Waals surface area contributed by atoms with Crippen LogP contribution in [-0.2, 0) is 23.9 Å². The highest BCUT2D eigenvalue weighted by Gasteiger charge is 2.58. The molecule has 1 saturated heterocycles. The molecule has 3 amide bonds. The zero-order valence-electron chi connectivity index (χ0n) is 17.4. The minimum atomic E-state index is -1.03. The van der Waals surface area contributed by atoms with E-state index in [-0.39, 0.29) is 34.6 Å². The van der Waals surface area contributed by atoms with Crippen molar-refractivity contribution < 1.29 is 33.8 Å². The summed E-state index contributed by atoms with van der Waals surface area (Å²) < 4.78 is 4.77. The largest absolute Gasteiger partial charge is 0.508 e. The highest BCUT2D eigenvalue weighted by atomic mass is 79.9. The van der Waals surface area contributed by atoms with E-state index in [1.54, 1.807) is 12.1 Å². The van der Waals surface area contributed by atoms with E-state index in [1.165, 1.54) is 18.2 Å². The summed E-state index contributed by atoms with van der Waals surface area (Å²) in [4.78, 5) is 64.9. The van der Waals surface area contributed by atoms with Gasteiger partial charge in [-0.25, -0.2) is 4.79 Å². The van der Waals surface area contributed by atoms with Gasteiger partial charge in [-0.3, -0.25) is 19.2 Å². The fourth-order valence-corrected chi connectivity index (χ4v) is 5.97. The normalized spacial score (nSPS) is 28.7. The van der Waals surface area contributed by atoms with Gasteiger partial charge in [0, 0.05) is 23.1 Å². The van der Waals surface area contributed by atoms with Crippen LogP contribution in [0.4, 0.5) is 4.79 Å². The summed E-state index contributed by atoms with van der Waals surface area (Å²) in [6, 6.07) is 6.34. The molecule has 8 nitrogen and oxygen atoms in total. The molecule has 9 heteroatoms. The smallest absolute Gasteiger partial charge is 0.423 e. The number of allylic oxidation sites excluding steroid dienone is 6. The SMILES string of the molecule is COC(=O)N1C(=O)C2CC=C3C(c4ccc(O)cc4)C4=C(CC3C2C1=O)C(=O)C(Br)=CC4=O. The number of amides is 3. The molecule has 1 aromatic carbocycles. The molecule has 1 fully saturated rings. The number of carbonyl (C=O) groups is 5. The Morgan fingerprint density at radius 3 is 2.45 bits per heavy atom. The van der Waals surface area contributed by atoms with E-state index in [2.05, 4.69) is 20.7 Å². The summed E-state index contributed by atoms with van der Waals surface area (Å²) in [5, 5.41) is 9.75. The van der Waals surface area contributed by atoms with Crippen LogP contribution < -0.4 is 0 Å². The number of phenolic OH excluding ortho intramolecular Hbond substituents is 1. The number of methoxy groups -OCH3 is 1. The Morgan fingerprint density at radius 1 is 1.09 bits per heavy atom. The van der Waals surface area contributed by atoms with Gasteiger partial charge < -0.3 is 9.84 Å². The number of imide groups is 3. The minimum absolute atomic E-state index is 0.0528. The Bertz CT molecular complexity index is 1240. The van der Waals surface area contributed by atoms with E-state index in [0.29, 0.717) is 21.6 Å². The van der Waals surface area contributed by atoms with Gasteiger partial charge in [-0.2, -0.15) is 4.90 Å². The maximum Gasteiger partial charge on any atom is 0.423 e. The number of benzene rings is 1. The van der Waals surface area contributed by atoms with Crippen LogP contribution in [0.3, 0.4) is 0 Å². The van der Waals surface area contributed by atoms with E-state index in [0.717, 1.165) is 12.7 Å². The molecule has 1 aliphatic heterocycles. The summed E-state index contributed by atoms with van der Waals surface area (Å²) in [7, 11) is 1.10. The first-order valence-corrected chi connectivity index (χ1v) is 11.2. The number of fused-ring (bicyclic) bond motifs is 3. The van der Waals surface area contributed by atoms with Crippen LogP contribution in [0, 0.1) is 17.8 Å². The number of halogens is 1. The molecule has 168 valence electrons. The maximum atomic E-state index is 13.2. The van der Waals surface area contributed by atoms with Gasteiger partial charge in [0.25, 0.3) is 0 Å². The van der Waals surface area contributed by atoms with E-state index in [1.807, 2.05) is 6.08 Å². The third kappa shape index (κ3) is 3.06. The van der Waals surface area contributed by atoms with Crippen molar-refractivity contribution in [3.63, 3.8) is 0 Å². The topological polar surface area (TPSA) is 118 Å². The standard InChI is InChI=1S/C24H18BrNO7/c1-33-24(32)26-22(30)13-7-6-12-14(19(13)23(26)31)8-15-20(17(28)9-16(25)21(15)29)18(12)10-2-4-11(27)5-3-10/h2-6,9,13-14,18-19,27H,7-8H2,1H3. The third-order valence-electron chi connectivity index (χ3n) is 6.91. The van der Waals surface area contributed by atoms with Gasteiger partial charge >= 0.3 is 6.09 Å². The average Bonchev–Trinajstić information content (AvgIpc) is 3.06. The van der Waals surface area contributed by atoms with Gasteiger partial charge in [-0.15, -0.1) is 0 Å². The molecule has 1 N–H and O–H groups in total. The molecule has 0 bridgehead atoms. The number of ether oxygens (including phenoxy) is 1. The molecule has 4 unspecified atom stereocenters. The lowest BCUT2D eigenvalue weighted by Crippen LogP contribution is -2.40. The van der Waals surface area contributed by atoms with Crippen molar-refractivity contribution in [2.75, 3.05) is 7.11 Å². The highest BCUT2D eigenvalue weighted by Crippen LogP contribution is 2.55. The molecular formula is C24H18BrNO7. The summed E-state index contributed by atoms with van der Waals surface area (Å²) in [6.45, 7) is 0. The summed E-state index contributed by atoms with van der Waals surface area (Å²) >= 11 is 3.16. The molecule has 5 rings (SSSR count). The number of phenols is 1. The number of carbonyl (C=O) groups excluding carboxylic acids is 5. The number of aromatic hydroxyl groups is 1. The second kappa shape index (κ2) is 7.62. The van der Waals surface area contributed by atoms with E-state index >= 15 is 0 Å². The van der Waals surface area contributed by atoms with Crippen LogP contribution in [0.5, 0.6) is 5.75 Å². The van der Waals surface area contributed by atoms with Crippen LogP contribution in [0.25, 0.3) is 0 Å². The number of hydrogen-bond acceptors (Lipinski definition) is 7.